The summed E-state index contributed by atoms with van der Waals surface area (Å²) in [7, 11) is 1.33. The minimum atomic E-state index is -0.421. The van der Waals surface area contributed by atoms with Gasteiger partial charge in [0.15, 0.2) is 0 Å². The molecule has 39 heavy (non-hydrogen) atoms. The van der Waals surface area contributed by atoms with E-state index in [9.17, 15) is 9.59 Å². The Morgan fingerprint density at radius 3 is 2.64 bits per heavy atom. The Labute approximate surface area is 230 Å². The van der Waals surface area contributed by atoms with Gasteiger partial charge in [0.1, 0.15) is 12.8 Å². The van der Waals surface area contributed by atoms with Gasteiger partial charge in [-0.25, -0.2) is 24.2 Å². The second-order valence-electron chi connectivity index (χ2n) is 9.00. The van der Waals surface area contributed by atoms with E-state index in [0.29, 0.717) is 34.5 Å². The molecule has 10 nitrogen and oxygen atoms in total. The molecule has 2 aromatic carbocycles. The molecule has 0 bridgehead atoms. The predicted octanol–water partition coefficient (Wildman–Crippen LogP) is 5.85. The number of carbonyl (C=O) groups excluding carboxylic acids is 2. The second kappa shape index (κ2) is 12.0. The van der Waals surface area contributed by atoms with Crippen LogP contribution in [0.1, 0.15) is 41.3 Å². The molecule has 1 atom stereocenters. The standard InChI is InChI=1S/C28H27ClN6O4/c1-38-26(36)21-12-10-20(11-13-21)25-23(29)16-30-27(33-25)32-22-15-31-35(17-22)24-9-5-6-14-34(24)28(37)39-18-19-7-3-2-4-8-19/h2-4,7-8,10-13,15-17,24H,5-6,9,14,18H2,1H3,(H,30,32,33). The van der Waals surface area contributed by atoms with E-state index in [-0.39, 0.29) is 18.9 Å². The second-order valence-corrected chi connectivity index (χ2v) is 9.41. The Balaban J connectivity index is 1.28. The van der Waals surface area contributed by atoms with Crippen LogP contribution in [0.15, 0.2) is 73.2 Å². The maximum Gasteiger partial charge on any atom is 0.411 e. The molecule has 4 aromatic rings. The number of amides is 1. The van der Waals surface area contributed by atoms with Gasteiger partial charge in [-0.15, -0.1) is 0 Å². The molecule has 3 heterocycles. The van der Waals surface area contributed by atoms with Crippen molar-refractivity contribution in [1.82, 2.24) is 24.6 Å². The lowest BCUT2D eigenvalue weighted by molar-refractivity contribution is 0.0439. The number of rotatable bonds is 7. The molecule has 0 radical (unpaired) electrons. The van der Waals surface area contributed by atoms with Crippen LogP contribution in [0.3, 0.4) is 0 Å². The number of carbonyl (C=O) groups is 2. The van der Waals surface area contributed by atoms with Crippen LogP contribution in [0.5, 0.6) is 0 Å². The van der Waals surface area contributed by atoms with Crippen molar-refractivity contribution in [2.75, 3.05) is 19.0 Å². The lowest BCUT2D eigenvalue weighted by Crippen LogP contribution is -2.41. The summed E-state index contributed by atoms with van der Waals surface area (Å²) in [5.74, 6) is -0.0931. The van der Waals surface area contributed by atoms with Crippen molar-refractivity contribution in [3.63, 3.8) is 0 Å². The topological polar surface area (TPSA) is 111 Å². The summed E-state index contributed by atoms with van der Waals surface area (Å²) in [5.41, 5.74) is 3.26. The van der Waals surface area contributed by atoms with Crippen LogP contribution in [-0.4, -0.2) is 50.4 Å². The summed E-state index contributed by atoms with van der Waals surface area (Å²) in [6.45, 7) is 0.815. The molecule has 1 aliphatic heterocycles. The number of halogens is 1. The number of hydrogen-bond acceptors (Lipinski definition) is 8. The molecule has 1 aliphatic rings. The highest BCUT2D eigenvalue weighted by molar-refractivity contribution is 6.32. The number of likely N-dealkylation sites (tertiary alicyclic amines) is 1. The Hall–Kier alpha value is -4.44. The minimum Gasteiger partial charge on any atom is -0.465 e. The van der Waals surface area contributed by atoms with E-state index in [1.165, 1.54) is 13.3 Å². The third-order valence-corrected chi connectivity index (χ3v) is 6.67. The quantitative estimate of drug-likeness (QED) is 0.287. The lowest BCUT2D eigenvalue weighted by atomic mass is 10.1. The van der Waals surface area contributed by atoms with Gasteiger partial charge in [-0.1, -0.05) is 54.1 Å². The Kier molecular flexibility index (Phi) is 8.02. The number of nitrogens with zero attached hydrogens (tertiary/aromatic N) is 5. The van der Waals surface area contributed by atoms with E-state index in [2.05, 4.69) is 20.4 Å². The fourth-order valence-corrected chi connectivity index (χ4v) is 4.61. The normalized spacial score (nSPS) is 15.0. The molecule has 0 spiro atoms. The van der Waals surface area contributed by atoms with Crippen molar-refractivity contribution < 1.29 is 19.1 Å². The SMILES string of the molecule is COC(=O)c1ccc(-c2nc(Nc3cnn(C4CCCCN4C(=O)OCc4ccccc4)c3)ncc2Cl)cc1. The highest BCUT2D eigenvalue weighted by Crippen LogP contribution is 2.30. The number of nitrogens with one attached hydrogen (secondary N) is 1. The van der Waals surface area contributed by atoms with E-state index in [1.54, 1.807) is 40.0 Å². The van der Waals surface area contributed by atoms with Crippen LogP contribution in [0.2, 0.25) is 5.02 Å². The Morgan fingerprint density at radius 2 is 1.87 bits per heavy atom. The average Bonchev–Trinajstić information content (AvgIpc) is 3.45. The van der Waals surface area contributed by atoms with Crippen molar-refractivity contribution in [3.8, 4) is 11.3 Å². The minimum absolute atomic E-state index is 0.219. The molecule has 200 valence electrons. The van der Waals surface area contributed by atoms with Gasteiger partial charge >= 0.3 is 12.1 Å². The van der Waals surface area contributed by atoms with Crippen molar-refractivity contribution in [2.24, 2.45) is 0 Å². The highest BCUT2D eigenvalue weighted by Gasteiger charge is 2.30. The molecular formula is C28H27ClN6O4. The van der Waals surface area contributed by atoms with Gasteiger partial charge in [-0.05, 0) is 37.0 Å². The smallest absolute Gasteiger partial charge is 0.411 e. The summed E-state index contributed by atoms with van der Waals surface area (Å²) in [6, 6.07) is 16.4. The van der Waals surface area contributed by atoms with Crippen molar-refractivity contribution in [3.05, 3.63) is 89.3 Å². The first-order valence-corrected chi connectivity index (χ1v) is 12.9. The van der Waals surface area contributed by atoms with Crippen molar-refractivity contribution in [2.45, 2.75) is 32.0 Å². The highest BCUT2D eigenvalue weighted by atomic mass is 35.5. The lowest BCUT2D eigenvalue weighted by Gasteiger charge is -2.34. The van der Waals surface area contributed by atoms with Gasteiger partial charge in [0.05, 0.1) is 47.7 Å². The number of piperidine rings is 1. The molecule has 0 aliphatic carbocycles. The van der Waals surface area contributed by atoms with E-state index in [4.69, 9.17) is 21.1 Å². The number of benzene rings is 2. The average molecular weight is 547 g/mol. The molecule has 5 rings (SSSR count). The third-order valence-electron chi connectivity index (χ3n) is 6.40. The van der Waals surface area contributed by atoms with Crippen LogP contribution in [-0.2, 0) is 16.1 Å². The monoisotopic (exact) mass is 546 g/mol. The van der Waals surface area contributed by atoms with Crippen molar-refractivity contribution in [1.29, 1.82) is 0 Å². The number of aromatic nitrogens is 4. The van der Waals surface area contributed by atoms with Crippen molar-refractivity contribution >= 4 is 35.3 Å². The zero-order valence-electron chi connectivity index (χ0n) is 21.3. The first kappa shape index (κ1) is 26.2. The van der Waals surface area contributed by atoms with E-state index in [1.807, 2.05) is 36.5 Å². The van der Waals surface area contributed by atoms with Gasteiger partial charge in [0.25, 0.3) is 0 Å². The third kappa shape index (κ3) is 6.18. The van der Waals surface area contributed by atoms with E-state index < -0.39 is 5.97 Å². The molecule has 0 saturated carbocycles. The summed E-state index contributed by atoms with van der Waals surface area (Å²) < 4.78 is 12.1. The van der Waals surface area contributed by atoms with Crippen LogP contribution >= 0.6 is 11.6 Å². The number of ether oxygens (including phenoxy) is 2. The molecule has 1 fully saturated rings. The largest absolute Gasteiger partial charge is 0.465 e. The van der Waals surface area contributed by atoms with Gasteiger partial charge < -0.3 is 14.8 Å². The number of methoxy groups -OCH3 is 1. The van der Waals surface area contributed by atoms with E-state index in [0.717, 1.165) is 30.4 Å². The molecule has 1 unspecified atom stereocenters. The van der Waals surface area contributed by atoms with Crippen LogP contribution in [0.4, 0.5) is 16.4 Å². The molecule has 1 saturated heterocycles. The number of hydrogen-bond donors (Lipinski definition) is 1. The van der Waals surface area contributed by atoms with Gasteiger partial charge in [0.2, 0.25) is 5.95 Å². The predicted molar refractivity (Wildman–Crippen MR) is 146 cm³/mol. The Morgan fingerprint density at radius 1 is 1.08 bits per heavy atom. The van der Waals surface area contributed by atoms with Crippen LogP contribution in [0, 0.1) is 0 Å². The van der Waals surface area contributed by atoms with Crippen LogP contribution in [0.25, 0.3) is 11.3 Å². The summed E-state index contributed by atoms with van der Waals surface area (Å²) in [6.07, 6.45) is 7.02. The maximum absolute atomic E-state index is 12.9. The molecule has 1 amide bonds. The zero-order chi connectivity index (χ0) is 27.2. The summed E-state index contributed by atoms with van der Waals surface area (Å²) in [5, 5.41) is 8.03. The molecule has 2 aromatic heterocycles. The van der Waals surface area contributed by atoms with E-state index >= 15 is 0 Å². The summed E-state index contributed by atoms with van der Waals surface area (Å²) >= 11 is 6.37. The Bertz CT molecular complexity index is 1440. The number of esters is 1. The summed E-state index contributed by atoms with van der Waals surface area (Å²) in [4.78, 5) is 35.2. The number of anilines is 2. The molecule has 11 heteroatoms. The van der Waals surface area contributed by atoms with Gasteiger partial charge in [0, 0.05) is 12.1 Å². The van der Waals surface area contributed by atoms with Crippen LogP contribution < -0.4 is 5.32 Å². The molecular weight excluding hydrogens is 520 g/mol. The fourth-order valence-electron chi connectivity index (χ4n) is 4.41. The zero-order valence-corrected chi connectivity index (χ0v) is 22.0. The van der Waals surface area contributed by atoms with Gasteiger partial charge in [-0.2, -0.15) is 5.10 Å². The molecule has 1 N–H and O–H groups in total. The maximum atomic E-state index is 12.9. The first-order valence-electron chi connectivity index (χ1n) is 12.5. The van der Waals surface area contributed by atoms with Gasteiger partial charge in [-0.3, -0.25) is 4.90 Å². The fraction of sp³-hybridized carbons (Fsp3) is 0.250. The first-order chi connectivity index (χ1) is 19.0.